The molecule has 1 aromatic rings. The zero-order chi connectivity index (χ0) is 20.8. The molecular weight excluding hydrogens is 360 g/mol. The van der Waals surface area contributed by atoms with E-state index < -0.39 is 0 Å². The Morgan fingerprint density at radius 2 is 1.00 bits per heavy atom. The lowest BCUT2D eigenvalue weighted by Crippen LogP contribution is -2.23. The van der Waals surface area contributed by atoms with Crippen LogP contribution in [0.3, 0.4) is 0 Å². The molecule has 0 heteroatoms. The van der Waals surface area contributed by atoms with Crippen LogP contribution in [-0.2, 0) is 12.8 Å². The maximum atomic E-state index is 4.19. The number of hydrogen-bond acceptors (Lipinski definition) is 0. The van der Waals surface area contributed by atoms with Crippen LogP contribution in [0.15, 0.2) is 36.4 Å². The molecule has 0 aromatic heterocycles. The first-order valence-electron chi connectivity index (χ1n) is 13.4. The highest BCUT2D eigenvalue weighted by atomic mass is 14.3. The Morgan fingerprint density at radius 1 is 0.600 bits per heavy atom. The molecule has 0 unspecified atom stereocenters. The predicted octanol–water partition coefficient (Wildman–Crippen LogP) is 8.93. The molecule has 30 heavy (non-hydrogen) atoms. The lowest BCUT2D eigenvalue weighted by molar-refractivity contribution is 0.174. The van der Waals surface area contributed by atoms with Crippen molar-refractivity contribution in [2.75, 3.05) is 0 Å². The first-order valence-corrected chi connectivity index (χ1v) is 13.4. The van der Waals surface area contributed by atoms with E-state index in [0.29, 0.717) is 0 Å². The Hall–Kier alpha value is -1.04. The third kappa shape index (κ3) is 6.48. The van der Waals surface area contributed by atoms with Gasteiger partial charge in [0.2, 0.25) is 0 Å². The van der Waals surface area contributed by atoms with Crippen molar-refractivity contribution in [2.45, 2.75) is 110 Å². The van der Waals surface area contributed by atoms with Crippen LogP contribution in [0, 0.1) is 29.6 Å². The molecule has 3 aliphatic carbocycles. The molecule has 1 aromatic carbocycles. The van der Waals surface area contributed by atoms with E-state index in [1.807, 2.05) is 0 Å². The number of benzene rings is 1. The number of hydrogen-bond donors (Lipinski definition) is 0. The van der Waals surface area contributed by atoms with Gasteiger partial charge in [0.25, 0.3) is 0 Å². The van der Waals surface area contributed by atoms with Gasteiger partial charge in [0.05, 0.1) is 0 Å². The standard InChI is InChI=1S/C30H46/c1-3-24-8-10-26(11-9-24)21-28-16-18-30(19-17-28)22-29-14-12-27(13-15-29)20-25-6-4-23(2)5-7-25/h8-11,25,27-30H,2-7,12-22H2,1H3. The molecule has 0 atom stereocenters. The van der Waals surface area contributed by atoms with Gasteiger partial charge in [-0.05, 0) is 105 Å². The van der Waals surface area contributed by atoms with E-state index in [-0.39, 0.29) is 0 Å². The highest BCUT2D eigenvalue weighted by molar-refractivity contribution is 5.22. The third-order valence-corrected chi connectivity index (χ3v) is 9.03. The number of rotatable bonds is 7. The summed E-state index contributed by atoms with van der Waals surface area (Å²) in [5.41, 5.74) is 4.55. The minimum atomic E-state index is 0.941. The molecule has 3 saturated carbocycles. The number of allylic oxidation sites excluding steroid dienone is 1. The highest BCUT2D eigenvalue weighted by Gasteiger charge is 2.28. The first-order chi connectivity index (χ1) is 14.7. The molecule has 4 rings (SSSR count). The summed E-state index contributed by atoms with van der Waals surface area (Å²) in [7, 11) is 0. The van der Waals surface area contributed by atoms with Gasteiger partial charge >= 0.3 is 0 Å². The topological polar surface area (TPSA) is 0 Å². The van der Waals surface area contributed by atoms with Crippen LogP contribution < -0.4 is 0 Å². The van der Waals surface area contributed by atoms with Gasteiger partial charge in [-0.25, -0.2) is 0 Å². The van der Waals surface area contributed by atoms with Gasteiger partial charge in [-0.15, -0.1) is 0 Å². The van der Waals surface area contributed by atoms with E-state index in [1.54, 1.807) is 12.0 Å². The summed E-state index contributed by atoms with van der Waals surface area (Å²) in [4.78, 5) is 0. The largest absolute Gasteiger partial charge is 0.0999 e. The van der Waals surface area contributed by atoms with E-state index >= 15 is 0 Å². The second-order valence-electron chi connectivity index (χ2n) is 11.3. The lowest BCUT2D eigenvalue weighted by atomic mass is 9.70. The van der Waals surface area contributed by atoms with Crippen molar-refractivity contribution in [3.63, 3.8) is 0 Å². The lowest BCUT2D eigenvalue weighted by Gasteiger charge is -2.35. The summed E-state index contributed by atoms with van der Waals surface area (Å²) in [5.74, 6) is 5.10. The average Bonchev–Trinajstić information content (AvgIpc) is 2.78. The van der Waals surface area contributed by atoms with Crippen LogP contribution in [0.2, 0.25) is 0 Å². The molecule has 0 aliphatic heterocycles. The van der Waals surface area contributed by atoms with Crippen molar-refractivity contribution in [1.82, 2.24) is 0 Å². The summed E-state index contributed by atoms with van der Waals surface area (Å²) < 4.78 is 0. The Morgan fingerprint density at radius 3 is 1.47 bits per heavy atom. The molecular formula is C30H46. The summed E-state index contributed by atoms with van der Waals surface area (Å²) in [5, 5.41) is 0. The van der Waals surface area contributed by atoms with Crippen LogP contribution in [-0.4, -0.2) is 0 Å². The maximum Gasteiger partial charge on any atom is -0.0250 e. The van der Waals surface area contributed by atoms with Gasteiger partial charge < -0.3 is 0 Å². The normalized spacial score (nSPS) is 31.0. The zero-order valence-electron chi connectivity index (χ0n) is 19.7. The van der Waals surface area contributed by atoms with Crippen molar-refractivity contribution in [2.24, 2.45) is 29.6 Å². The van der Waals surface area contributed by atoms with E-state index in [2.05, 4.69) is 37.8 Å². The van der Waals surface area contributed by atoms with E-state index in [4.69, 9.17) is 0 Å². The fourth-order valence-corrected chi connectivity index (χ4v) is 6.88. The Kier molecular flexibility index (Phi) is 8.14. The maximum absolute atomic E-state index is 4.19. The van der Waals surface area contributed by atoms with Gasteiger partial charge in [-0.3, -0.25) is 0 Å². The van der Waals surface area contributed by atoms with Gasteiger partial charge in [-0.2, -0.15) is 0 Å². The molecule has 0 nitrogen and oxygen atoms in total. The van der Waals surface area contributed by atoms with Crippen molar-refractivity contribution in [3.05, 3.63) is 47.5 Å². The fourth-order valence-electron chi connectivity index (χ4n) is 6.88. The molecule has 0 heterocycles. The Balaban J connectivity index is 1.12. The quantitative estimate of drug-likeness (QED) is 0.396. The van der Waals surface area contributed by atoms with Crippen LogP contribution in [0.1, 0.15) is 108 Å². The molecule has 0 bridgehead atoms. The SMILES string of the molecule is C=C1CCC(CC2CCC(CC3CCC(Cc4ccc(CC)cc4)CC3)CC2)CC1. The highest BCUT2D eigenvalue weighted by Crippen LogP contribution is 2.42. The molecule has 3 aliphatic rings. The van der Waals surface area contributed by atoms with E-state index in [1.165, 1.54) is 101 Å². The second kappa shape index (κ2) is 11.0. The molecule has 0 saturated heterocycles. The van der Waals surface area contributed by atoms with Crippen LogP contribution in [0.25, 0.3) is 0 Å². The van der Waals surface area contributed by atoms with Gasteiger partial charge in [0.1, 0.15) is 0 Å². The molecule has 3 fully saturated rings. The van der Waals surface area contributed by atoms with Crippen molar-refractivity contribution in [1.29, 1.82) is 0 Å². The van der Waals surface area contributed by atoms with Crippen LogP contribution in [0.5, 0.6) is 0 Å². The predicted molar refractivity (Wildman–Crippen MR) is 131 cm³/mol. The Bertz CT molecular complexity index is 627. The molecule has 166 valence electrons. The average molecular weight is 407 g/mol. The van der Waals surface area contributed by atoms with Crippen molar-refractivity contribution in [3.8, 4) is 0 Å². The summed E-state index contributed by atoms with van der Waals surface area (Å²) >= 11 is 0. The minimum Gasteiger partial charge on any atom is -0.0999 e. The molecule has 0 N–H and O–H groups in total. The van der Waals surface area contributed by atoms with Crippen molar-refractivity contribution >= 4 is 0 Å². The molecule has 0 radical (unpaired) electrons. The Labute approximate surface area is 186 Å². The van der Waals surface area contributed by atoms with Crippen LogP contribution >= 0.6 is 0 Å². The molecule has 0 amide bonds. The van der Waals surface area contributed by atoms with Crippen LogP contribution in [0.4, 0.5) is 0 Å². The van der Waals surface area contributed by atoms with Gasteiger partial charge in [0.15, 0.2) is 0 Å². The summed E-state index contributed by atoms with van der Waals surface area (Å²) in [6.45, 7) is 6.44. The van der Waals surface area contributed by atoms with Gasteiger partial charge in [-0.1, -0.05) is 81.9 Å². The monoisotopic (exact) mass is 406 g/mol. The summed E-state index contributed by atoms with van der Waals surface area (Å²) in [6, 6.07) is 9.44. The smallest absolute Gasteiger partial charge is 0.0250 e. The van der Waals surface area contributed by atoms with Crippen molar-refractivity contribution < 1.29 is 0 Å². The number of aryl methyl sites for hydroxylation is 1. The zero-order valence-corrected chi connectivity index (χ0v) is 19.7. The second-order valence-corrected chi connectivity index (χ2v) is 11.3. The minimum absolute atomic E-state index is 0.941. The third-order valence-electron chi connectivity index (χ3n) is 9.03. The first kappa shape index (κ1) is 22.2. The fraction of sp³-hybridized carbons (Fsp3) is 0.733. The molecule has 0 spiro atoms. The van der Waals surface area contributed by atoms with E-state index in [9.17, 15) is 0 Å². The summed E-state index contributed by atoms with van der Waals surface area (Å²) in [6.07, 6.45) is 23.1. The van der Waals surface area contributed by atoms with E-state index in [0.717, 1.165) is 36.0 Å². The van der Waals surface area contributed by atoms with Gasteiger partial charge in [0, 0.05) is 0 Å².